The largest absolute Gasteiger partial charge is 0.495 e. The Morgan fingerprint density at radius 2 is 2.04 bits per heavy atom. The van der Waals surface area contributed by atoms with E-state index in [4.69, 9.17) is 13.9 Å². The van der Waals surface area contributed by atoms with E-state index in [0.717, 1.165) is 22.6 Å². The van der Waals surface area contributed by atoms with Crippen LogP contribution in [0.25, 0.3) is 10.4 Å². The Hall–Kier alpha value is -2.57. The van der Waals surface area contributed by atoms with Gasteiger partial charge in [0.25, 0.3) is 5.91 Å². The first-order valence-corrected chi connectivity index (χ1v) is 9.21. The molecule has 0 radical (unpaired) electrons. The summed E-state index contributed by atoms with van der Waals surface area (Å²) in [6.07, 6.45) is 2.35. The van der Waals surface area contributed by atoms with E-state index in [1.165, 1.54) is 11.3 Å². The van der Waals surface area contributed by atoms with Crippen molar-refractivity contribution < 1.29 is 18.7 Å². The van der Waals surface area contributed by atoms with Gasteiger partial charge in [0.05, 0.1) is 13.4 Å². The molecule has 0 saturated heterocycles. The second-order valence-corrected chi connectivity index (χ2v) is 6.67. The standard InChI is InChI=1S/C20H21NO4S/c1-23-17-13-18(15-7-3-2-4-8-15)26-19(17)20(22)21-10-6-11-24-14-16-9-5-12-25-16/h2-5,7-9,12-13H,6,10-11,14H2,1H3,(H,21,22). The van der Waals surface area contributed by atoms with Crippen LogP contribution >= 0.6 is 11.3 Å². The lowest BCUT2D eigenvalue weighted by atomic mass is 10.2. The fourth-order valence-corrected chi connectivity index (χ4v) is 3.50. The number of carbonyl (C=O) groups is 1. The van der Waals surface area contributed by atoms with Gasteiger partial charge in [-0.2, -0.15) is 0 Å². The highest BCUT2D eigenvalue weighted by atomic mass is 32.1. The van der Waals surface area contributed by atoms with Crippen LogP contribution in [0.4, 0.5) is 0 Å². The molecular weight excluding hydrogens is 350 g/mol. The van der Waals surface area contributed by atoms with Crippen molar-refractivity contribution in [1.29, 1.82) is 0 Å². The molecule has 2 aromatic heterocycles. The minimum Gasteiger partial charge on any atom is -0.495 e. The summed E-state index contributed by atoms with van der Waals surface area (Å²) in [5, 5.41) is 2.92. The van der Waals surface area contributed by atoms with Crippen molar-refractivity contribution in [2.75, 3.05) is 20.3 Å². The van der Waals surface area contributed by atoms with Gasteiger partial charge in [0.15, 0.2) is 0 Å². The van der Waals surface area contributed by atoms with E-state index in [-0.39, 0.29) is 5.91 Å². The van der Waals surface area contributed by atoms with Crippen molar-refractivity contribution in [2.45, 2.75) is 13.0 Å². The van der Waals surface area contributed by atoms with Crippen molar-refractivity contribution in [3.63, 3.8) is 0 Å². The molecule has 1 N–H and O–H groups in total. The van der Waals surface area contributed by atoms with Crippen molar-refractivity contribution >= 4 is 17.2 Å². The molecule has 0 aliphatic carbocycles. The molecule has 0 saturated carbocycles. The summed E-state index contributed by atoms with van der Waals surface area (Å²) < 4.78 is 16.1. The summed E-state index contributed by atoms with van der Waals surface area (Å²) in [5.74, 6) is 1.27. The first kappa shape index (κ1) is 18.2. The highest BCUT2D eigenvalue weighted by Gasteiger charge is 2.17. The maximum atomic E-state index is 12.5. The van der Waals surface area contributed by atoms with Gasteiger partial charge in [-0.1, -0.05) is 30.3 Å². The molecule has 0 atom stereocenters. The predicted molar refractivity (Wildman–Crippen MR) is 102 cm³/mol. The summed E-state index contributed by atoms with van der Waals surface area (Å²) in [4.78, 5) is 14.0. The van der Waals surface area contributed by atoms with E-state index < -0.39 is 0 Å². The van der Waals surface area contributed by atoms with Crippen molar-refractivity contribution in [2.24, 2.45) is 0 Å². The van der Waals surface area contributed by atoms with Crippen LogP contribution in [-0.2, 0) is 11.3 Å². The number of rotatable bonds is 9. The molecule has 0 fully saturated rings. The Kier molecular flexibility index (Phi) is 6.46. The molecule has 6 heteroatoms. The number of furan rings is 1. The quantitative estimate of drug-likeness (QED) is 0.568. The SMILES string of the molecule is COc1cc(-c2ccccc2)sc1C(=O)NCCCOCc1ccco1. The minimum absolute atomic E-state index is 0.125. The maximum absolute atomic E-state index is 12.5. The summed E-state index contributed by atoms with van der Waals surface area (Å²) in [6, 6.07) is 15.6. The number of amides is 1. The van der Waals surface area contributed by atoms with E-state index in [9.17, 15) is 4.79 Å². The van der Waals surface area contributed by atoms with Gasteiger partial charge in [-0.25, -0.2) is 0 Å². The van der Waals surface area contributed by atoms with Crippen LogP contribution in [0.2, 0.25) is 0 Å². The van der Waals surface area contributed by atoms with E-state index in [2.05, 4.69) is 5.32 Å². The molecule has 3 rings (SSSR count). The van der Waals surface area contributed by atoms with Gasteiger partial charge in [-0.3, -0.25) is 4.79 Å². The third-order valence-corrected chi connectivity index (χ3v) is 4.92. The molecule has 1 amide bonds. The molecule has 2 heterocycles. The molecular formula is C20H21NO4S. The summed E-state index contributed by atoms with van der Waals surface area (Å²) >= 11 is 1.43. The number of ether oxygens (including phenoxy) is 2. The third-order valence-electron chi connectivity index (χ3n) is 3.76. The topological polar surface area (TPSA) is 60.7 Å². The lowest BCUT2D eigenvalue weighted by molar-refractivity contribution is 0.0918. The molecule has 26 heavy (non-hydrogen) atoms. The Balaban J connectivity index is 1.49. The van der Waals surface area contributed by atoms with Gasteiger partial charge in [0, 0.05) is 18.0 Å². The van der Waals surface area contributed by atoms with Gasteiger partial charge < -0.3 is 19.2 Å². The number of methoxy groups -OCH3 is 1. The zero-order valence-corrected chi connectivity index (χ0v) is 15.4. The van der Waals surface area contributed by atoms with Gasteiger partial charge in [-0.15, -0.1) is 11.3 Å². The molecule has 3 aromatic rings. The molecule has 0 aliphatic rings. The Bertz CT molecular complexity index is 812. The van der Waals surface area contributed by atoms with Crippen LogP contribution in [0.5, 0.6) is 5.75 Å². The molecule has 1 aromatic carbocycles. The fraction of sp³-hybridized carbons (Fsp3) is 0.250. The van der Waals surface area contributed by atoms with E-state index in [0.29, 0.717) is 30.4 Å². The number of nitrogens with one attached hydrogen (secondary N) is 1. The Labute approximate surface area is 156 Å². The summed E-state index contributed by atoms with van der Waals surface area (Å²) in [7, 11) is 1.58. The highest BCUT2D eigenvalue weighted by Crippen LogP contribution is 2.36. The van der Waals surface area contributed by atoms with Crippen LogP contribution in [0.15, 0.2) is 59.2 Å². The zero-order chi connectivity index (χ0) is 18.2. The smallest absolute Gasteiger partial charge is 0.265 e. The Morgan fingerprint density at radius 3 is 2.77 bits per heavy atom. The fourth-order valence-electron chi connectivity index (χ4n) is 2.45. The number of carbonyl (C=O) groups excluding carboxylic acids is 1. The Morgan fingerprint density at radius 1 is 1.19 bits per heavy atom. The average molecular weight is 371 g/mol. The molecule has 0 spiro atoms. The maximum Gasteiger partial charge on any atom is 0.265 e. The van der Waals surface area contributed by atoms with Gasteiger partial charge in [-0.05, 0) is 30.2 Å². The van der Waals surface area contributed by atoms with Gasteiger partial charge >= 0.3 is 0 Å². The van der Waals surface area contributed by atoms with Crippen molar-refractivity contribution in [1.82, 2.24) is 5.32 Å². The third kappa shape index (κ3) is 4.74. The van der Waals surface area contributed by atoms with Crippen LogP contribution in [0.1, 0.15) is 21.9 Å². The van der Waals surface area contributed by atoms with E-state index >= 15 is 0 Å². The van der Waals surface area contributed by atoms with Crippen molar-refractivity contribution in [3.8, 4) is 16.2 Å². The first-order chi connectivity index (χ1) is 12.8. The van der Waals surface area contributed by atoms with Gasteiger partial charge in [0.1, 0.15) is 23.0 Å². The minimum atomic E-state index is -0.125. The van der Waals surface area contributed by atoms with Gasteiger partial charge in [0.2, 0.25) is 0 Å². The molecule has 0 aliphatic heterocycles. The number of benzene rings is 1. The zero-order valence-electron chi connectivity index (χ0n) is 14.6. The second-order valence-electron chi connectivity index (χ2n) is 5.62. The monoisotopic (exact) mass is 371 g/mol. The highest BCUT2D eigenvalue weighted by molar-refractivity contribution is 7.17. The molecule has 0 bridgehead atoms. The number of thiophene rings is 1. The normalized spacial score (nSPS) is 10.7. The summed E-state index contributed by atoms with van der Waals surface area (Å²) in [5.41, 5.74) is 1.07. The molecule has 136 valence electrons. The lowest BCUT2D eigenvalue weighted by Crippen LogP contribution is -2.24. The molecule has 5 nitrogen and oxygen atoms in total. The predicted octanol–water partition coefficient (Wildman–Crippen LogP) is 4.35. The van der Waals surface area contributed by atoms with E-state index in [1.54, 1.807) is 13.4 Å². The van der Waals surface area contributed by atoms with Crippen LogP contribution in [0.3, 0.4) is 0 Å². The summed E-state index contributed by atoms with van der Waals surface area (Å²) in [6.45, 7) is 1.54. The average Bonchev–Trinajstić information content (AvgIpc) is 3.34. The van der Waals surface area contributed by atoms with Crippen LogP contribution < -0.4 is 10.1 Å². The number of hydrogen-bond acceptors (Lipinski definition) is 5. The van der Waals surface area contributed by atoms with Crippen molar-refractivity contribution in [3.05, 3.63) is 65.4 Å². The van der Waals surface area contributed by atoms with Crippen LogP contribution in [-0.4, -0.2) is 26.2 Å². The lowest BCUT2D eigenvalue weighted by Gasteiger charge is -2.06. The number of hydrogen-bond donors (Lipinski definition) is 1. The van der Waals surface area contributed by atoms with E-state index in [1.807, 2.05) is 48.5 Å². The first-order valence-electron chi connectivity index (χ1n) is 8.39. The molecule has 0 unspecified atom stereocenters. The second kappa shape index (κ2) is 9.22. The van der Waals surface area contributed by atoms with Crippen LogP contribution in [0, 0.1) is 0 Å².